The fourth-order valence-electron chi connectivity index (χ4n) is 2.50. The molecule has 0 bridgehead atoms. The molecule has 6 nitrogen and oxygen atoms in total. The average Bonchev–Trinajstić information content (AvgIpc) is 2.69. The van der Waals surface area contributed by atoms with Gasteiger partial charge in [0.2, 0.25) is 0 Å². The summed E-state index contributed by atoms with van der Waals surface area (Å²) in [4.78, 5) is 11.8. The molecule has 2 rings (SSSR count). The molecule has 0 aliphatic rings. The van der Waals surface area contributed by atoms with E-state index in [0.29, 0.717) is 48.5 Å². The second-order valence-electron chi connectivity index (χ2n) is 5.76. The number of rotatable bonds is 9. The van der Waals surface area contributed by atoms with Crippen LogP contribution in [0.5, 0.6) is 11.5 Å². The quantitative estimate of drug-likeness (QED) is 0.482. The molecule has 28 heavy (non-hydrogen) atoms. The molecule has 0 saturated heterocycles. The zero-order valence-electron chi connectivity index (χ0n) is 16.4. The summed E-state index contributed by atoms with van der Waals surface area (Å²) in [5.41, 5.74) is 2.20. The minimum Gasteiger partial charge on any atom is -0.490 e. The van der Waals surface area contributed by atoms with Crippen molar-refractivity contribution in [3.05, 3.63) is 53.6 Å². The monoisotopic (exact) mass is 402 g/mol. The van der Waals surface area contributed by atoms with Crippen LogP contribution in [0.15, 0.2) is 42.5 Å². The number of benzene rings is 2. The third-order valence-corrected chi connectivity index (χ3v) is 3.94. The maximum atomic E-state index is 11.8. The summed E-state index contributed by atoms with van der Waals surface area (Å²) in [7, 11) is 0. The standard InChI is InChI=1S/C21H26N2O4S/c1-4-25-18-11-10-15(12-19(18)26-5-2)14-22-21(28)23-17-9-7-8-16(13-17)20(24)27-6-3/h7-13H,4-6,14H2,1-3H3,(H2,22,23,28). The Kier molecular flexibility index (Phi) is 8.55. The van der Waals surface area contributed by atoms with Crippen LogP contribution < -0.4 is 20.1 Å². The smallest absolute Gasteiger partial charge is 0.338 e. The topological polar surface area (TPSA) is 68.8 Å². The van der Waals surface area contributed by atoms with Gasteiger partial charge in [-0.25, -0.2) is 4.79 Å². The number of carbonyl (C=O) groups is 1. The second kappa shape index (κ2) is 11.1. The lowest BCUT2D eigenvalue weighted by atomic mass is 10.2. The third kappa shape index (κ3) is 6.42. The van der Waals surface area contributed by atoms with E-state index in [1.807, 2.05) is 38.1 Å². The lowest BCUT2D eigenvalue weighted by molar-refractivity contribution is 0.0526. The summed E-state index contributed by atoms with van der Waals surface area (Å²) in [6.45, 7) is 7.65. The van der Waals surface area contributed by atoms with Gasteiger partial charge in [-0.15, -0.1) is 0 Å². The summed E-state index contributed by atoms with van der Waals surface area (Å²) >= 11 is 5.35. The first-order valence-corrected chi connectivity index (χ1v) is 9.68. The van der Waals surface area contributed by atoms with Crippen LogP contribution in [0.1, 0.15) is 36.7 Å². The Bertz CT molecular complexity index is 811. The molecule has 2 N–H and O–H groups in total. The molecule has 0 radical (unpaired) electrons. The molecule has 2 aromatic rings. The molecule has 0 unspecified atom stereocenters. The van der Waals surface area contributed by atoms with E-state index in [-0.39, 0.29) is 5.97 Å². The fourth-order valence-corrected chi connectivity index (χ4v) is 2.69. The van der Waals surface area contributed by atoms with Crippen LogP contribution in [0.2, 0.25) is 0 Å². The molecule has 0 aliphatic carbocycles. The average molecular weight is 403 g/mol. The molecule has 0 spiro atoms. The molecule has 0 fully saturated rings. The van der Waals surface area contributed by atoms with Gasteiger partial charge in [0.1, 0.15) is 0 Å². The number of esters is 1. The van der Waals surface area contributed by atoms with Crippen LogP contribution in [0.4, 0.5) is 5.69 Å². The van der Waals surface area contributed by atoms with Crippen molar-refractivity contribution in [1.82, 2.24) is 5.32 Å². The zero-order chi connectivity index (χ0) is 20.4. The summed E-state index contributed by atoms with van der Waals surface area (Å²) in [6.07, 6.45) is 0. The van der Waals surface area contributed by atoms with E-state index in [1.54, 1.807) is 25.1 Å². The van der Waals surface area contributed by atoms with E-state index in [4.69, 9.17) is 26.4 Å². The predicted octanol–water partition coefficient (Wildman–Crippen LogP) is 4.15. The molecule has 0 aliphatic heterocycles. The Morgan fingerprint density at radius 3 is 2.43 bits per heavy atom. The SMILES string of the molecule is CCOC(=O)c1cccc(NC(=S)NCc2ccc(OCC)c(OCC)c2)c1. The Morgan fingerprint density at radius 2 is 1.71 bits per heavy atom. The Hall–Kier alpha value is -2.80. The first-order valence-electron chi connectivity index (χ1n) is 9.27. The van der Waals surface area contributed by atoms with Crippen molar-refractivity contribution in [3.63, 3.8) is 0 Å². The van der Waals surface area contributed by atoms with Gasteiger partial charge in [-0.3, -0.25) is 0 Å². The van der Waals surface area contributed by atoms with Crippen molar-refractivity contribution < 1.29 is 19.0 Å². The lowest BCUT2D eigenvalue weighted by Gasteiger charge is -2.14. The normalized spacial score (nSPS) is 10.1. The van der Waals surface area contributed by atoms with E-state index < -0.39 is 0 Å². The summed E-state index contributed by atoms with van der Waals surface area (Å²) in [5, 5.41) is 6.68. The van der Waals surface area contributed by atoms with Gasteiger partial charge in [0.05, 0.1) is 25.4 Å². The van der Waals surface area contributed by atoms with E-state index in [9.17, 15) is 4.79 Å². The molecular weight excluding hydrogens is 376 g/mol. The summed E-state index contributed by atoms with van der Waals surface area (Å²) in [5.74, 6) is 1.08. The van der Waals surface area contributed by atoms with Crippen LogP contribution in [-0.4, -0.2) is 30.9 Å². The van der Waals surface area contributed by atoms with Crippen molar-refractivity contribution in [2.45, 2.75) is 27.3 Å². The van der Waals surface area contributed by atoms with Crippen LogP contribution in [-0.2, 0) is 11.3 Å². The Labute approximate surface area is 171 Å². The maximum absolute atomic E-state index is 11.8. The van der Waals surface area contributed by atoms with Crippen LogP contribution in [0.3, 0.4) is 0 Å². The summed E-state index contributed by atoms with van der Waals surface area (Å²) in [6, 6.07) is 12.8. The third-order valence-electron chi connectivity index (χ3n) is 3.69. The van der Waals surface area contributed by atoms with Crippen molar-refractivity contribution >= 4 is 29.0 Å². The molecule has 2 aromatic carbocycles. The largest absolute Gasteiger partial charge is 0.490 e. The number of hydrogen-bond acceptors (Lipinski definition) is 5. The van der Waals surface area contributed by atoms with Gasteiger partial charge in [0, 0.05) is 12.2 Å². The Balaban J connectivity index is 1.96. The van der Waals surface area contributed by atoms with Crippen molar-refractivity contribution in [2.75, 3.05) is 25.1 Å². The first kappa shape index (κ1) is 21.5. The highest BCUT2D eigenvalue weighted by Crippen LogP contribution is 2.28. The predicted molar refractivity (Wildman–Crippen MR) is 114 cm³/mol. The minimum atomic E-state index is -0.358. The van der Waals surface area contributed by atoms with E-state index in [0.717, 1.165) is 11.3 Å². The molecule has 0 atom stereocenters. The van der Waals surface area contributed by atoms with Gasteiger partial charge < -0.3 is 24.8 Å². The molecule has 7 heteroatoms. The van der Waals surface area contributed by atoms with Crippen molar-refractivity contribution in [2.24, 2.45) is 0 Å². The molecule has 0 aromatic heterocycles. The molecular formula is C21H26N2O4S. The Morgan fingerprint density at radius 1 is 0.964 bits per heavy atom. The number of nitrogens with one attached hydrogen (secondary N) is 2. The van der Waals surface area contributed by atoms with E-state index in [1.165, 1.54) is 0 Å². The number of anilines is 1. The fraction of sp³-hybridized carbons (Fsp3) is 0.333. The van der Waals surface area contributed by atoms with Crippen LogP contribution in [0, 0.1) is 0 Å². The van der Waals surface area contributed by atoms with Gasteiger partial charge in [-0.05, 0) is 68.9 Å². The minimum absolute atomic E-state index is 0.336. The van der Waals surface area contributed by atoms with Gasteiger partial charge in [0.25, 0.3) is 0 Å². The molecule has 150 valence electrons. The van der Waals surface area contributed by atoms with Crippen LogP contribution in [0.25, 0.3) is 0 Å². The number of hydrogen-bond donors (Lipinski definition) is 2. The number of carbonyl (C=O) groups excluding carboxylic acids is 1. The zero-order valence-corrected chi connectivity index (χ0v) is 17.2. The second-order valence-corrected chi connectivity index (χ2v) is 6.16. The van der Waals surface area contributed by atoms with Crippen LogP contribution >= 0.6 is 12.2 Å². The first-order chi connectivity index (χ1) is 13.6. The highest BCUT2D eigenvalue weighted by molar-refractivity contribution is 7.80. The van der Waals surface area contributed by atoms with Gasteiger partial charge >= 0.3 is 5.97 Å². The lowest BCUT2D eigenvalue weighted by Crippen LogP contribution is -2.28. The molecule has 0 amide bonds. The van der Waals surface area contributed by atoms with Gasteiger partial charge in [-0.2, -0.15) is 0 Å². The molecule has 0 saturated carbocycles. The van der Waals surface area contributed by atoms with E-state index in [2.05, 4.69) is 10.6 Å². The van der Waals surface area contributed by atoms with Crippen molar-refractivity contribution in [1.29, 1.82) is 0 Å². The number of thiocarbonyl (C=S) groups is 1. The van der Waals surface area contributed by atoms with Gasteiger partial charge in [0.15, 0.2) is 16.6 Å². The van der Waals surface area contributed by atoms with E-state index >= 15 is 0 Å². The molecule has 0 heterocycles. The maximum Gasteiger partial charge on any atom is 0.338 e. The highest BCUT2D eigenvalue weighted by atomic mass is 32.1. The van der Waals surface area contributed by atoms with Gasteiger partial charge in [-0.1, -0.05) is 12.1 Å². The highest BCUT2D eigenvalue weighted by Gasteiger charge is 2.09. The number of ether oxygens (including phenoxy) is 3. The summed E-state index contributed by atoms with van der Waals surface area (Å²) < 4.78 is 16.2. The van der Waals surface area contributed by atoms with Crippen molar-refractivity contribution in [3.8, 4) is 11.5 Å².